The lowest BCUT2D eigenvalue weighted by Gasteiger charge is -2.17. The summed E-state index contributed by atoms with van der Waals surface area (Å²) in [6.07, 6.45) is 6.71. The van der Waals surface area contributed by atoms with E-state index in [1.807, 2.05) is 12.1 Å². The van der Waals surface area contributed by atoms with Crippen molar-refractivity contribution in [3.63, 3.8) is 0 Å². The van der Waals surface area contributed by atoms with Gasteiger partial charge in [0.15, 0.2) is 5.82 Å². The fourth-order valence-electron chi connectivity index (χ4n) is 4.62. The van der Waals surface area contributed by atoms with Crippen molar-refractivity contribution < 1.29 is 9.21 Å². The molecule has 6 nitrogen and oxygen atoms in total. The van der Waals surface area contributed by atoms with Crippen LogP contribution in [-0.2, 0) is 11.3 Å². The van der Waals surface area contributed by atoms with Gasteiger partial charge in [-0.2, -0.15) is 0 Å². The van der Waals surface area contributed by atoms with Crippen molar-refractivity contribution in [2.75, 3.05) is 13.1 Å². The SMILES string of the molecule is O=C(C1CC1)N1CCC(Cn2cnnc2-c2ccc(-c3ccc4occc4c3)cc2)C1. The van der Waals surface area contributed by atoms with Gasteiger partial charge in [-0.1, -0.05) is 30.3 Å². The summed E-state index contributed by atoms with van der Waals surface area (Å²) in [5, 5.41) is 9.64. The fraction of sp³-hybridized carbons (Fsp3) is 0.320. The number of carbonyl (C=O) groups excluding carboxylic acids is 1. The van der Waals surface area contributed by atoms with Crippen molar-refractivity contribution >= 4 is 16.9 Å². The molecule has 156 valence electrons. The predicted octanol–water partition coefficient (Wildman–Crippen LogP) is 4.62. The monoisotopic (exact) mass is 412 g/mol. The molecule has 1 atom stereocenters. The highest BCUT2D eigenvalue weighted by Crippen LogP contribution is 2.33. The minimum atomic E-state index is 0.303. The summed E-state index contributed by atoms with van der Waals surface area (Å²) in [5.74, 6) is 2.00. The molecule has 0 spiro atoms. The summed E-state index contributed by atoms with van der Waals surface area (Å²) >= 11 is 0. The first-order valence-corrected chi connectivity index (χ1v) is 11.0. The summed E-state index contributed by atoms with van der Waals surface area (Å²) < 4.78 is 7.57. The average Bonchev–Trinajstić information content (AvgIpc) is 3.17. The second kappa shape index (κ2) is 7.38. The predicted molar refractivity (Wildman–Crippen MR) is 118 cm³/mol. The van der Waals surface area contributed by atoms with Gasteiger partial charge in [-0.3, -0.25) is 4.79 Å². The first-order valence-electron chi connectivity index (χ1n) is 11.0. The van der Waals surface area contributed by atoms with Crippen LogP contribution in [-0.4, -0.2) is 38.7 Å². The smallest absolute Gasteiger partial charge is 0.225 e. The molecule has 1 aliphatic heterocycles. The lowest BCUT2D eigenvalue weighted by molar-refractivity contribution is -0.131. The molecule has 2 aromatic heterocycles. The molecule has 0 bridgehead atoms. The van der Waals surface area contributed by atoms with Gasteiger partial charge in [-0.15, -0.1) is 10.2 Å². The third-order valence-electron chi connectivity index (χ3n) is 6.52. The Labute approximate surface area is 180 Å². The number of hydrogen-bond acceptors (Lipinski definition) is 4. The van der Waals surface area contributed by atoms with Crippen LogP contribution >= 0.6 is 0 Å². The summed E-state index contributed by atoms with van der Waals surface area (Å²) in [6.45, 7) is 2.57. The zero-order valence-corrected chi connectivity index (χ0v) is 17.3. The summed E-state index contributed by atoms with van der Waals surface area (Å²) in [5.41, 5.74) is 4.27. The number of benzene rings is 2. The molecule has 4 aromatic rings. The maximum atomic E-state index is 12.3. The Kier molecular flexibility index (Phi) is 4.37. The van der Waals surface area contributed by atoms with Crippen LogP contribution in [0.5, 0.6) is 0 Å². The molecule has 2 aliphatic rings. The van der Waals surface area contributed by atoms with Crippen LogP contribution in [0, 0.1) is 11.8 Å². The molecule has 1 unspecified atom stereocenters. The van der Waals surface area contributed by atoms with Crippen molar-refractivity contribution in [2.45, 2.75) is 25.8 Å². The Bertz CT molecular complexity index is 1240. The Morgan fingerprint density at radius 2 is 1.81 bits per heavy atom. The number of likely N-dealkylation sites (tertiary alicyclic amines) is 1. The van der Waals surface area contributed by atoms with Crippen molar-refractivity contribution in [3.05, 3.63) is 61.1 Å². The van der Waals surface area contributed by atoms with E-state index in [-0.39, 0.29) is 0 Å². The molecule has 2 aromatic carbocycles. The highest BCUT2D eigenvalue weighted by Gasteiger charge is 2.36. The van der Waals surface area contributed by atoms with Crippen molar-refractivity contribution in [2.24, 2.45) is 11.8 Å². The van der Waals surface area contributed by atoms with Crippen molar-refractivity contribution in [3.8, 4) is 22.5 Å². The molecular formula is C25H24N4O2. The third kappa shape index (κ3) is 3.52. The maximum absolute atomic E-state index is 12.3. The van der Waals surface area contributed by atoms with E-state index in [0.29, 0.717) is 17.7 Å². The van der Waals surface area contributed by atoms with Crippen LogP contribution in [0.2, 0.25) is 0 Å². The third-order valence-corrected chi connectivity index (χ3v) is 6.52. The molecule has 0 N–H and O–H groups in total. The van der Waals surface area contributed by atoms with E-state index in [0.717, 1.165) is 72.4 Å². The minimum Gasteiger partial charge on any atom is -0.464 e. The van der Waals surface area contributed by atoms with Crippen LogP contribution in [0.1, 0.15) is 19.3 Å². The van der Waals surface area contributed by atoms with Gasteiger partial charge in [0.2, 0.25) is 5.91 Å². The summed E-state index contributed by atoms with van der Waals surface area (Å²) in [6, 6.07) is 16.7. The molecule has 1 saturated carbocycles. The first-order chi connectivity index (χ1) is 15.2. The fourth-order valence-corrected chi connectivity index (χ4v) is 4.62. The number of amides is 1. The van der Waals surface area contributed by atoms with E-state index in [2.05, 4.69) is 56.1 Å². The van der Waals surface area contributed by atoms with E-state index in [4.69, 9.17) is 4.42 Å². The van der Waals surface area contributed by atoms with Gasteiger partial charge in [-0.25, -0.2) is 0 Å². The average molecular weight is 412 g/mol. The Balaban J connectivity index is 1.18. The van der Waals surface area contributed by atoms with E-state index < -0.39 is 0 Å². The number of hydrogen-bond donors (Lipinski definition) is 0. The maximum Gasteiger partial charge on any atom is 0.225 e. The number of aromatic nitrogens is 3. The van der Waals surface area contributed by atoms with Gasteiger partial charge in [0, 0.05) is 36.5 Å². The molecule has 3 heterocycles. The van der Waals surface area contributed by atoms with E-state index in [1.54, 1.807) is 12.6 Å². The van der Waals surface area contributed by atoms with Crippen LogP contribution in [0.25, 0.3) is 33.5 Å². The minimum absolute atomic E-state index is 0.303. The summed E-state index contributed by atoms with van der Waals surface area (Å²) in [4.78, 5) is 14.4. The van der Waals surface area contributed by atoms with Gasteiger partial charge < -0.3 is 13.9 Å². The molecule has 1 aliphatic carbocycles. The number of carbonyl (C=O) groups is 1. The lowest BCUT2D eigenvalue weighted by Crippen LogP contribution is -2.30. The number of fused-ring (bicyclic) bond motifs is 1. The van der Waals surface area contributed by atoms with Crippen LogP contribution < -0.4 is 0 Å². The zero-order valence-electron chi connectivity index (χ0n) is 17.3. The number of nitrogens with zero attached hydrogens (tertiary/aromatic N) is 4. The Morgan fingerprint density at radius 3 is 2.65 bits per heavy atom. The van der Waals surface area contributed by atoms with Crippen LogP contribution in [0.4, 0.5) is 0 Å². The lowest BCUT2D eigenvalue weighted by atomic mass is 10.0. The zero-order chi connectivity index (χ0) is 20.8. The van der Waals surface area contributed by atoms with Gasteiger partial charge >= 0.3 is 0 Å². The van der Waals surface area contributed by atoms with Gasteiger partial charge in [0.1, 0.15) is 11.9 Å². The quantitative estimate of drug-likeness (QED) is 0.480. The topological polar surface area (TPSA) is 64.2 Å². The molecule has 2 fully saturated rings. The Hall–Kier alpha value is -3.41. The second-order valence-corrected chi connectivity index (χ2v) is 8.77. The normalized spacial score (nSPS) is 18.7. The molecule has 1 saturated heterocycles. The molecule has 6 heteroatoms. The van der Waals surface area contributed by atoms with Gasteiger partial charge in [0.05, 0.1) is 6.26 Å². The number of furan rings is 1. The number of rotatable bonds is 5. The van der Waals surface area contributed by atoms with E-state index in [9.17, 15) is 4.79 Å². The summed E-state index contributed by atoms with van der Waals surface area (Å²) in [7, 11) is 0. The first kappa shape index (κ1) is 18.4. The Morgan fingerprint density at radius 1 is 1.00 bits per heavy atom. The largest absolute Gasteiger partial charge is 0.464 e. The van der Waals surface area contributed by atoms with Crippen molar-refractivity contribution in [1.29, 1.82) is 0 Å². The van der Waals surface area contributed by atoms with E-state index in [1.165, 1.54) is 0 Å². The standard InChI is InChI=1S/C25H24N4O2/c30-25(20-5-6-20)28-11-9-17(14-28)15-29-16-26-27-24(29)19-3-1-18(2-4-19)21-7-8-23-22(13-21)10-12-31-23/h1-4,7-8,10,12-13,16-17,20H,5-6,9,11,14-15H2. The van der Waals surface area contributed by atoms with Gasteiger partial charge in [-0.05, 0) is 54.5 Å². The van der Waals surface area contributed by atoms with Crippen LogP contribution in [0.15, 0.2) is 65.5 Å². The molecule has 31 heavy (non-hydrogen) atoms. The molecular weight excluding hydrogens is 388 g/mol. The van der Waals surface area contributed by atoms with Gasteiger partial charge in [0.25, 0.3) is 0 Å². The molecule has 1 amide bonds. The van der Waals surface area contributed by atoms with Crippen LogP contribution in [0.3, 0.4) is 0 Å². The highest BCUT2D eigenvalue weighted by atomic mass is 16.3. The highest BCUT2D eigenvalue weighted by molar-refractivity contribution is 5.84. The second-order valence-electron chi connectivity index (χ2n) is 8.77. The van der Waals surface area contributed by atoms with E-state index >= 15 is 0 Å². The molecule has 0 radical (unpaired) electrons. The molecule has 6 rings (SSSR count). The van der Waals surface area contributed by atoms with Crippen molar-refractivity contribution in [1.82, 2.24) is 19.7 Å².